The van der Waals surface area contributed by atoms with Crippen LogP contribution in [0, 0.1) is 0 Å². The molecule has 4 nitrogen and oxygen atoms in total. The maximum Gasteiger partial charge on any atom is 0.252 e. The molecule has 0 saturated heterocycles. The Morgan fingerprint density at radius 2 is 1.63 bits per heavy atom. The first kappa shape index (κ1) is 19.0. The van der Waals surface area contributed by atoms with Gasteiger partial charge in [0.1, 0.15) is 0 Å². The maximum absolute atomic E-state index is 12.8. The predicted octanol–water partition coefficient (Wildman–Crippen LogP) is 4.01. The summed E-state index contributed by atoms with van der Waals surface area (Å²) in [6, 6.07) is 18.1. The Kier molecular flexibility index (Phi) is 6.16. The summed E-state index contributed by atoms with van der Waals surface area (Å²) < 4.78 is 0. The summed E-state index contributed by atoms with van der Waals surface area (Å²) in [5.74, 6) is -0.389. The second-order valence-corrected chi connectivity index (χ2v) is 7.27. The zero-order chi connectivity index (χ0) is 19.2. The highest BCUT2D eigenvalue weighted by atomic mass is 32.1. The van der Waals surface area contributed by atoms with E-state index in [2.05, 4.69) is 21.7 Å². The molecule has 0 spiro atoms. The Labute approximate surface area is 163 Å². The number of rotatable bonds is 7. The molecule has 138 valence electrons. The van der Waals surface area contributed by atoms with Gasteiger partial charge in [-0.1, -0.05) is 48.5 Å². The van der Waals surface area contributed by atoms with Crippen molar-refractivity contribution in [3.8, 4) is 0 Å². The Bertz CT molecular complexity index is 905. The van der Waals surface area contributed by atoms with Crippen molar-refractivity contribution in [3.05, 3.63) is 93.7 Å². The van der Waals surface area contributed by atoms with Crippen LogP contribution in [0.15, 0.2) is 71.4 Å². The van der Waals surface area contributed by atoms with Gasteiger partial charge in [0.05, 0.1) is 11.6 Å². The lowest BCUT2D eigenvalue weighted by Crippen LogP contribution is -2.35. The Morgan fingerprint density at radius 3 is 2.26 bits per heavy atom. The topological polar surface area (TPSA) is 49.4 Å². The monoisotopic (exact) mass is 378 g/mol. The van der Waals surface area contributed by atoms with Crippen molar-refractivity contribution in [2.75, 3.05) is 20.6 Å². The lowest BCUT2D eigenvalue weighted by molar-refractivity contribution is 0.0931. The normalized spacial score (nSPS) is 12.0. The number of nitrogens with zero attached hydrogens (tertiary/aromatic N) is 1. The largest absolute Gasteiger partial charge is 0.350 e. The van der Waals surface area contributed by atoms with E-state index in [1.165, 1.54) is 5.56 Å². The second kappa shape index (κ2) is 8.75. The van der Waals surface area contributed by atoms with E-state index >= 15 is 0 Å². The zero-order valence-corrected chi connectivity index (χ0v) is 16.2. The van der Waals surface area contributed by atoms with E-state index < -0.39 is 0 Å². The zero-order valence-electron chi connectivity index (χ0n) is 15.4. The van der Waals surface area contributed by atoms with Gasteiger partial charge >= 0.3 is 0 Å². The van der Waals surface area contributed by atoms with Crippen LogP contribution in [0.3, 0.4) is 0 Å². The summed E-state index contributed by atoms with van der Waals surface area (Å²) >= 11 is 1.64. The average molecular weight is 378 g/mol. The van der Waals surface area contributed by atoms with Gasteiger partial charge in [0.25, 0.3) is 5.91 Å². The van der Waals surface area contributed by atoms with E-state index in [-0.39, 0.29) is 17.7 Å². The summed E-state index contributed by atoms with van der Waals surface area (Å²) in [6.07, 6.45) is 0. The molecular weight excluding hydrogens is 356 g/mol. The number of nitrogens with one attached hydrogen (secondary N) is 1. The standard InChI is InChI=1S/C22H22N2O2S/c1-24(2)20(17-12-13-27-15-17)14-23-22(26)19-11-7-6-10-18(19)21(25)16-8-4-3-5-9-16/h3-13,15,20H,14H2,1-2H3,(H,23,26). The summed E-state index contributed by atoms with van der Waals surface area (Å²) in [6.45, 7) is 0.469. The van der Waals surface area contributed by atoms with E-state index in [4.69, 9.17) is 0 Å². The van der Waals surface area contributed by atoms with E-state index in [0.29, 0.717) is 23.2 Å². The van der Waals surface area contributed by atoms with Crippen molar-refractivity contribution in [2.24, 2.45) is 0 Å². The molecule has 1 aromatic heterocycles. The molecule has 1 heterocycles. The predicted molar refractivity (Wildman–Crippen MR) is 109 cm³/mol. The molecule has 0 fully saturated rings. The molecule has 0 aliphatic heterocycles. The van der Waals surface area contributed by atoms with Crippen LogP contribution < -0.4 is 5.32 Å². The van der Waals surface area contributed by atoms with Gasteiger partial charge < -0.3 is 10.2 Å². The molecule has 2 aromatic carbocycles. The van der Waals surface area contributed by atoms with Crippen LogP contribution in [0.5, 0.6) is 0 Å². The van der Waals surface area contributed by atoms with Gasteiger partial charge in [-0.2, -0.15) is 11.3 Å². The highest BCUT2D eigenvalue weighted by molar-refractivity contribution is 7.07. The number of carbonyl (C=O) groups is 2. The molecule has 27 heavy (non-hydrogen) atoms. The first-order chi connectivity index (χ1) is 13.1. The second-order valence-electron chi connectivity index (χ2n) is 6.49. The number of thiophene rings is 1. The summed E-state index contributed by atoms with van der Waals surface area (Å²) in [4.78, 5) is 27.7. The fraction of sp³-hybridized carbons (Fsp3) is 0.182. The third kappa shape index (κ3) is 4.51. The molecule has 0 aliphatic carbocycles. The molecular formula is C22H22N2O2S. The van der Waals surface area contributed by atoms with Gasteiger partial charge in [0.2, 0.25) is 0 Å². The molecule has 1 amide bonds. The molecule has 1 unspecified atom stereocenters. The summed E-state index contributed by atoms with van der Waals surface area (Å²) in [7, 11) is 3.97. The van der Waals surface area contributed by atoms with Crippen LogP contribution in [0.4, 0.5) is 0 Å². The van der Waals surface area contributed by atoms with Crippen LogP contribution in [0.2, 0.25) is 0 Å². The number of hydrogen-bond acceptors (Lipinski definition) is 4. The van der Waals surface area contributed by atoms with Crippen molar-refractivity contribution < 1.29 is 9.59 Å². The third-order valence-electron chi connectivity index (χ3n) is 4.46. The van der Waals surface area contributed by atoms with Gasteiger partial charge in [0.15, 0.2) is 5.78 Å². The molecule has 3 rings (SSSR count). The number of amides is 1. The highest BCUT2D eigenvalue weighted by Crippen LogP contribution is 2.20. The number of hydrogen-bond donors (Lipinski definition) is 1. The number of ketones is 1. The minimum Gasteiger partial charge on any atom is -0.350 e. The van der Waals surface area contributed by atoms with Gasteiger partial charge in [-0.15, -0.1) is 0 Å². The van der Waals surface area contributed by atoms with Crippen molar-refractivity contribution in [2.45, 2.75) is 6.04 Å². The van der Waals surface area contributed by atoms with E-state index in [0.717, 1.165) is 0 Å². The molecule has 1 N–H and O–H groups in total. The lowest BCUT2D eigenvalue weighted by Gasteiger charge is -2.24. The first-order valence-electron chi connectivity index (χ1n) is 8.73. The van der Waals surface area contributed by atoms with Crippen LogP contribution >= 0.6 is 11.3 Å². The molecule has 5 heteroatoms. The smallest absolute Gasteiger partial charge is 0.252 e. The highest BCUT2D eigenvalue weighted by Gasteiger charge is 2.20. The van der Waals surface area contributed by atoms with Gasteiger partial charge in [-0.05, 0) is 42.6 Å². The lowest BCUT2D eigenvalue weighted by atomic mass is 9.98. The van der Waals surface area contributed by atoms with Crippen LogP contribution in [-0.4, -0.2) is 37.2 Å². The first-order valence-corrected chi connectivity index (χ1v) is 9.67. The maximum atomic E-state index is 12.8. The number of benzene rings is 2. The Hall–Kier alpha value is -2.76. The summed E-state index contributed by atoms with van der Waals surface area (Å²) in [5, 5.41) is 7.10. The van der Waals surface area contributed by atoms with Crippen molar-refractivity contribution >= 4 is 23.0 Å². The minimum atomic E-state index is -0.239. The van der Waals surface area contributed by atoms with Crippen LogP contribution in [-0.2, 0) is 0 Å². The quantitative estimate of drug-likeness (QED) is 0.632. The fourth-order valence-corrected chi connectivity index (χ4v) is 3.68. The number of carbonyl (C=O) groups excluding carboxylic acids is 2. The minimum absolute atomic E-state index is 0.0807. The third-order valence-corrected chi connectivity index (χ3v) is 5.16. The van der Waals surface area contributed by atoms with Crippen LogP contribution in [0.25, 0.3) is 0 Å². The van der Waals surface area contributed by atoms with E-state index in [1.807, 2.05) is 37.7 Å². The Morgan fingerprint density at radius 1 is 0.963 bits per heavy atom. The molecule has 3 aromatic rings. The van der Waals surface area contributed by atoms with Crippen molar-refractivity contribution in [3.63, 3.8) is 0 Å². The molecule has 1 atom stereocenters. The van der Waals surface area contributed by atoms with Gasteiger partial charge in [-0.25, -0.2) is 0 Å². The Balaban J connectivity index is 1.78. The van der Waals surface area contributed by atoms with Crippen LogP contribution in [0.1, 0.15) is 37.9 Å². The summed E-state index contributed by atoms with van der Waals surface area (Å²) in [5.41, 5.74) is 2.55. The molecule has 0 saturated carbocycles. The van der Waals surface area contributed by atoms with Gasteiger partial charge in [-0.3, -0.25) is 9.59 Å². The fourth-order valence-electron chi connectivity index (χ4n) is 2.97. The molecule has 0 aliphatic rings. The van der Waals surface area contributed by atoms with Crippen molar-refractivity contribution in [1.29, 1.82) is 0 Å². The number of likely N-dealkylation sites (N-methyl/N-ethyl adjacent to an activating group) is 1. The SMILES string of the molecule is CN(C)C(CNC(=O)c1ccccc1C(=O)c1ccccc1)c1ccsc1. The average Bonchev–Trinajstić information content (AvgIpc) is 3.22. The molecule has 0 bridgehead atoms. The van der Waals surface area contributed by atoms with E-state index in [1.54, 1.807) is 47.7 Å². The van der Waals surface area contributed by atoms with E-state index in [9.17, 15) is 9.59 Å². The molecule has 0 radical (unpaired) electrons. The van der Waals surface area contributed by atoms with Gasteiger partial charge in [0, 0.05) is 17.7 Å². The van der Waals surface area contributed by atoms with Crippen molar-refractivity contribution in [1.82, 2.24) is 10.2 Å².